The highest BCUT2D eigenvalue weighted by molar-refractivity contribution is 6.30. The highest BCUT2D eigenvalue weighted by Gasteiger charge is 2.01. The van der Waals surface area contributed by atoms with Gasteiger partial charge in [0.2, 0.25) is 0 Å². The number of pyridine rings is 1. The lowest BCUT2D eigenvalue weighted by atomic mass is 10.1. The zero-order chi connectivity index (χ0) is 15.1. The molecule has 0 aliphatic heterocycles. The molecule has 0 spiro atoms. The molecule has 0 unspecified atom stereocenters. The summed E-state index contributed by atoms with van der Waals surface area (Å²) in [5.74, 6) is 0.449. The minimum absolute atomic E-state index is 0.449. The standard InChI is InChI=1S/C15H16ClN3O2/c1-21-15(20)19-14-7-6-13(10-18-14)17-9-8-11-2-4-12(16)5-3-11/h2-7,10,17H,8-9H2,1H3,(H,18,19,20). The third-order valence-electron chi connectivity index (χ3n) is 2.84. The van der Waals surface area contributed by atoms with Gasteiger partial charge in [0.1, 0.15) is 5.82 Å². The fourth-order valence-electron chi connectivity index (χ4n) is 1.73. The predicted octanol–water partition coefficient (Wildman–Crippen LogP) is 3.57. The molecule has 0 aliphatic rings. The number of halogens is 1. The molecule has 21 heavy (non-hydrogen) atoms. The van der Waals surface area contributed by atoms with Crippen molar-refractivity contribution in [3.8, 4) is 0 Å². The summed E-state index contributed by atoms with van der Waals surface area (Å²) >= 11 is 5.84. The lowest BCUT2D eigenvalue weighted by Gasteiger charge is -2.07. The van der Waals surface area contributed by atoms with E-state index in [1.165, 1.54) is 12.7 Å². The molecular formula is C15H16ClN3O2. The van der Waals surface area contributed by atoms with Gasteiger partial charge in [-0.2, -0.15) is 0 Å². The molecule has 0 radical (unpaired) electrons. The van der Waals surface area contributed by atoms with Crippen LogP contribution in [0.2, 0.25) is 5.02 Å². The van der Waals surface area contributed by atoms with Gasteiger partial charge in [-0.05, 0) is 36.2 Å². The van der Waals surface area contributed by atoms with Gasteiger partial charge >= 0.3 is 6.09 Å². The number of anilines is 2. The summed E-state index contributed by atoms with van der Waals surface area (Å²) < 4.78 is 4.49. The molecule has 1 aromatic carbocycles. The van der Waals surface area contributed by atoms with Crippen LogP contribution in [0.25, 0.3) is 0 Å². The largest absolute Gasteiger partial charge is 0.453 e. The Morgan fingerprint density at radius 2 is 2.00 bits per heavy atom. The van der Waals surface area contributed by atoms with Crippen molar-refractivity contribution in [1.82, 2.24) is 4.98 Å². The normalized spacial score (nSPS) is 10.0. The van der Waals surface area contributed by atoms with Crippen LogP contribution in [-0.4, -0.2) is 24.7 Å². The molecule has 1 amide bonds. The summed E-state index contributed by atoms with van der Waals surface area (Å²) in [4.78, 5) is 15.1. The van der Waals surface area contributed by atoms with E-state index in [9.17, 15) is 4.79 Å². The molecule has 0 saturated heterocycles. The minimum atomic E-state index is -0.536. The Hall–Kier alpha value is -2.27. The monoisotopic (exact) mass is 305 g/mol. The summed E-state index contributed by atoms with van der Waals surface area (Å²) in [6, 6.07) is 11.3. The quantitative estimate of drug-likeness (QED) is 0.886. The molecule has 0 saturated carbocycles. The van der Waals surface area contributed by atoms with Crippen molar-refractivity contribution in [3.63, 3.8) is 0 Å². The maximum atomic E-state index is 11.0. The second kappa shape index (κ2) is 7.50. The number of hydrogen-bond donors (Lipinski definition) is 2. The molecule has 0 atom stereocenters. The van der Waals surface area contributed by atoms with Gasteiger partial charge in [0.15, 0.2) is 0 Å². The van der Waals surface area contributed by atoms with E-state index < -0.39 is 6.09 Å². The fraction of sp³-hybridized carbons (Fsp3) is 0.200. The molecule has 2 N–H and O–H groups in total. The maximum absolute atomic E-state index is 11.0. The summed E-state index contributed by atoms with van der Waals surface area (Å²) in [7, 11) is 1.31. The molecule has 2 aromatic rings. The summed E-state index contributed by atoms with van der Waals surface area (Å²) in [5, 5.41) is 6.50. The van der Waals surface area contributed by atoms with Crippen LogP contribution in [0.1, 0.15) is 5.56 Å². The summed E-state index contributed by atoms with van der Waals surface area (Å²) in [6.07, 6.45) is 2.01. The Balaban J connectivity index is 1.80. The lowest BCUT2D eigenvalue weighted by molar-refractivity contribution is 0.187. The van der Waals surface area contributed by atoms with E-state index in [2.05, 4.69) is 20.4 Å². The molecule has 2 rings (SSSR count). The Labute approximate surface area is 128 Å². The first-order valence-electron chi connectivity index (χ1n) is 6.47. The second-order valence-corrected chi connectivity index (χ2v) is 4.79. The van der Waals surface area contributed by atoms with Crippen molar-refractivity contribution in [2.75, 3.05) is 24.3 Å². The smallest absolute Gasteiger partial charge is 0.412 e. The number of nitrogens with one attached hydrogen (secondary N) is 2. The number of methoxy groups -OCH3 is 1. The molecule has 6 heteroatoms. The van der Waals surface area contributed by atoms with Crippen LogP contribution in [0.15, 0.2) is 42.6 Å². The van der Waals surface area contributed by atoms with Crippen LogP contribution >= 0.6 is 11.6 Å². The van der Waals surface area contributed by atoms with E-state index in [4.69, 9.17) is 11.6 Å². The zero-order valence-electron chi connectivity index (χ0n) is 11.6. The first-order valence-corrected chi connectivity index (χ1v) is 6.84. The fourth-order valence-corrected chi connectivity index (χ4v) is 1.86. The molecule has 1 heterocycles. The van der Waals surface area contributed by atoms with Crippen LogP contribution < -0.4 is 10.6 Å². The van der Waals surface area contributed by atoms with E-state index in [-0.39, 0.29) is 0 Å². The van der Waals surface area contributed by atoms with Gasteiger partial charge in [-0.1, -0.05) is 23.7 Å². The highest BCUT2D eigenvalue weighted by Crippen LogP contribution is 2.12. The Morgan fingerprint density at radius 1 is 1.24 bits per heavy atom. The van der Waals surface area contributed by atoms with Gasteiger partial charge in [0.25, 0.3) is 0 Å². The number of rotatable bonds is 5. The van der Waals surface area contributed by atoms with Crippen LogP contribution in [-0.2, 0) is 11.2 Å². The number of benzene rings is 1. The predicted molar refractivity (Wildman–Crippen MR) is 83.9 cm³/mol. The van der Waals surface area contributed by atoms with Crippen LogP contribution in [0.3, 0.4) is 0 Å². The van der Waals surface area contributed by atoms with Crippen molar-refractivity contribution in [1.29, 1.82) is 0 Å². The second-order valence-electron chi connectivity index (χ2n) is 4.35. The summed E-state index contributed by atoms with van der Waals surface area (Å²) in [6.45, 7) is 0.785. The maximum Gasteiger partial charge on any atom is 0.412 e. The van der Waals surface area contributed by atoms with Crippen molar-refractivity contribution >= 4 is 29.2 Å². The van der Waals surface area contributed by atoms with Gasteiger partial charge in [0, 0.05) is 11.6 Å². The topological polar surface area (TPSA) is 63.2 Å². The zero-order valence-corrected chi connectivity index (χ0v) is 12.4. The Kier molecular flexibility index (Phi) is 5.40. The molecule has 0 aliphatic carbocycles. The van der Waals surface area contributed by atoms with Crippen LogP contribution in [0.5, 0.6) is 0 Å². The van der Waals surface area contributed by atoms with Gasteiger partial charge < -0.3 is 10.1 Å². The number of hydrogen-bond acceptors (Lipinski definition) is 4. The van der Waals surface area contributed by atoms with Gasteiger partial charge in [-0.25, -0.2) is 9.78 Å². The third kappa shape index (κ3) is 4.96. The van der Waals surface area contributed by atoms with Crippen LogP contribution in [0.4, 0.5) is 16.3 Å². The van der Waals surface area contributed by atoms with Crippen molar-refractivity contribution in [2.45, 2.75) is 6.42 Å². The van der Waals surface area contributed by atoms with E-state index >= 15 is 0 Å². The Bertz CT molecular complexity index is 585. The van der Waals surface area contributed by atoms with E-state index in [1.54, 1.807) is 12.3 Å². The highest BCUT2D eigenvalue weighted by atomic mass is 35.5. The number of carbonyl (C=O) groups excluding carboxylic acids is 1. The third-order valence-corrected chi connectivity index (χ3v) is 3.09. The van der Waals surface area contributed by atoms with E-state index in [0.29, 0.717) is 5.82 Å². The van der Waals surface area contributed by atoms with Gasteiger partial charge in [-0.15, -0.1) is 0 Å². The molecule has 0 fully saturated rings. The van der Waals surface area contributed by atoms with Gasteiger partial charge in [-0.3, -0.25) is 5.32 Å². The first-order chi connectivity index (χ1) is 10.2. The van der Waals surface area contributed by atoms with Crippen molar-refractivity contribution < 1.29 is 9.53 Å². The molecule has 110 valence electrons. The average molecular weight is 306 g/mol. The lowest BCUT2D eigenvalue weighted by Crippen LogP contribution is -2.12. The first kappa shape index (κ1) is 15.1. The molecule has 5 nitrogen and oxygen atoms in total. The number of aromatic nitrogens is 1. The minimum Gasteiger partial charge on any atom is -0.453 e. The number of carbonyl (C=O) groups is 1. The number of amides is 1. The average Bonchev–Trinajstić information content (AvgIpc) is 2.51. The SMILES string of the molecule is COC(=O)Nc1ccc(NCCc2ccc(Cl)cc2)cn1. The number of nitrogens with zero attached hydrogens (tertiary/aromatic N) is 1. The number of ether oxygens (including phenoxy) is 1. The van der Waals surface area contributed by atoms with Gasteiger partial charge in [0.05, 0.1) is 19.0 Å². The molecular weight excluding hydrogens is 290 g/mol. The van der Waals surface area contributed by atoms with Crippen molar-refractivity contribution in [3.05, 3.63) is 53.2 Å². The van der Waals surface area contributed by atoms with Crippen LogP contribution in [0, 0.1) is 0 Å². The Morgan fingerprint density at radius 3 is 2.62 bits per heavy atom. The van der Waals surface area contributed by atoms with Crippen molar-refractivity contribution in [2.24, 2.45) is 0 Å². The van der Waals surface area contributed by atoms with E-state index in [0.717, 1.165) is 23.7 Å². The summed E-state index contributed by atoms with van der Waals surface area (Å²) in [5.41, 5.74) is 2.10. The van der Waals surface area contributed by atoms with E-state index in [1.807, 2.05) is 30.3 Å². The molecule has 1 aromatic heterocycles. The molecule has 0 bridgehead atoms.